The van der Waals surface area contributed by atoms with Gasteiger partial charge in [-0.3, -0.25) is 0 Å². The van der Waals surface area contributed by atoms with Crippen LogP contribution in [0.3, 0.4) is 0 Å². The van der Waals surface area contributed by atoms with Gasteiger partial charge in [0.1, 0.15) is 32.0 Å². The summed E-state index contributed by atoms with van der Waals surface area (Å²) in [6.45, 7) is 5.80. The summed E-state index contributed by atoms with van der Waals surface area (Å²) in [6.07, 6.45) is 0. The Morgan fingerprint density at radius 2 is 1.88 bits per heavy atom. The third kappa shape index (κ3) is 3.77. The molecule has 0 spiro atoms. The second kappa shape index (κ2) is 6.23. The van der Waals surface area contributed by atoms with Gasteiger partial charge in [-0.05, 0) is 24.3 Å². The number of nitrogens with one attached hydrogen (secondary N) is 1. The molecule has 1 fully saturated rings. The van der Waals surface area contributed by atoms with Gasteiger partial charge >= 0.3 is 0 Å². The average molecular weight is 287 g/mol. The van der Waals surface area contributed by atoms with Crippen LogP contribution in [0.1, 0.15) is 0 Å². The van der Waals surface area contributed by atoms with Gasteiger partial charge in [0.25, 0.3) is 0 Å². The van der Waals surface area contributed by atoms with Crippen molar-refractivity contribution in [1.29, 1.82) is 0 Å². The lowest BCUT2D eigenvalue weighted by Gasteiger charge is -2.23. The van der Waals surface area contributed by atoms with E-state index in [1.165, 1.54) is 0 Å². The number of morpholine rings is 1. The summed E-state index contributed by atoms with van der Waals surface area (Å²) in [6, 6.07) is 7.96. The standard InChI is InChI=1S/C12H16BrNO2/c13-11-1-3-12(4-2-11)16-10-7-14-5-8-15-9-6-14/h1-4H,5-10H2/p+1. The molecular formula is C12H17BrNO2+. The van der Waals surface area contributed by atoms with Crippen LogP contribution in [0.5, 0.6) is 5.75 Å². The van der Waals surface area contributed by atoms with E-state index in [0.717, 1.165) is 49.7 Å². The Hall–Kier alpha value is -0.580. The molecule has 1 aromatic rings. The van der Waals surface area contributed by atoms with Gasteiger partial charge in [-0.1, -0.05) is 15.9 Å². The molecule has 2 rings (SSSR count). The molecule has 0 bridgehead atoms. The monoisotopic (exact) mass is 286 g/mol. The van der Waals surface area contributed by atoms with E-state index in [2.05, 4.69) is 15.9 Å². The zero-order valence-electron chi connectivity index (χ0n) is 9.25. The Morgan fingerprint density at radius 3 is 2.56 bits per heavy atom. The van der Waals surface area contributed by atoms with Crippen molar-refractivity contribution in [3.63, 3.8) is 0 Å². The number of halogens is 1. The van der Waals surface area contributed by atoms with Gasteiger partial charge in [0.2, 0.25) is 0 Å². The van der Waals surface area contributed by atoms with E-state index < -0.39 is 0 Å². The van der Waals surface area contributed by atoms with E-state index in [4.69, 9.17) is 9.47 Å². The molecule has 1 heterocycles. The molecule has 0 amide bonds. The number of hydrogen-bond acceptors (Lipinski definition) is 2. The highest BCUT2D eigenvalue weighted by molar-refractivity contribution is 9.10. The number of benzene rings is 1. The third-order valence-electron chi connectivity index (χ3n) is 2.74. The molecule has 16 heavy (non-hydrogen) atoms. The van der Waals surface area contributed by atoms with Crippen molar-refractivity contribution in [1.82, 2.24) is 0 Å². The largest absolute Gasteiger partial charge is 0.488 e. The summed E-state index contributed by atoms with van der Waals surface area (Å²) in [5, 5.41) is 0. The molecule has 0 aromatic heterocycles. The minimum absolute atomic E-state index is 0.775. The van der Waals surface area contributed by atoms with Crippen molar-refractivity contribution in [3.8, 4) is 5.75 Å². The van der Waals surface area contributed by atoms with E-state index >= 15 is 0 Å². The van der Waals surface area contributed by atoms with Gasteiger partial charge in [0, 0.05) is 4.47 Å². The quantitative estimate of drug-likeness (QED) is 0.883. The molecule has 1 aromatic carbocycles. The maximum Gasteiger partial charge on any atom is 0.137 e. The number of hydrogen-bond donors (Lipinski definition) is 1. The molecule has 0 unspecified atom stereocenters. The predicted molar refractivity (Wildman–Crippen MR) is 66.0 cm³/mol. The highest BCUT2D eigenvalue weighted by Crippen LogP contribution is 2.15. The number of quaternary nitrogens is 1. The van der Waals surface area contributed by atoms with Crippen molar-refractivity contribution in [2.75, 3.05) is 39.5 Å². The SMILES string of the molecule is Brc1ccc(OCC[NH+]2CCOCC2)cc1. The van der Waals surface area contributed by atoms with Gasteiger partial charge in [0.15, 0.2) is 0 Å². The fourth-order valence-corrected chi connectivity index (χ4v) is 2.02. The highest BCUT2D eigenvalue weighted by Gasteiger charge is 2.12. The molecular weight excluding hydrogens is 270 g/mol. The van der Waals surface area contributed by atoms with E-state index in [1.54, 1.807) is 4.90 Å². The van der Waals surface area contributed by atoms with Crippen molar-refractivity contribution >= 4 is 15.9 Å². The van der Waals surface area contributed by atoms with Crippen LogP contribution < -0.4 is 9.64 Å². The summed E-state index contributed by atoms with van der Waals surface area (Å²) in [7, 11) is 0. The molecule has 88 valence electrons. The van der Waals surface area contributed by atoms with Crippen LogP contribution in [0, 0.1) is 0 Å². The van der Waals surface area contributed by atoms with Crippen LogP contribution >= 0.6 is 15.9 Å². The molecule has 1 aliphatic rings. The van der Waals surface area contributed by atoms with Gasteiger partial charge in [-0.2, -0.15) is 0 Å². The van der Waals surface area contributed by atoms with Crippen LogP contribution in [-0.4, -0.2) is 39.5 Å². The zero-order chi connectivity index (χ0) is 11.2. The van der Waals surface area contributed by atoms with Gasteiger partial charge in [-0.15, -0.1) is 0 Å². The highest BCUT2D eigenvalue weighted by atomic mass is 79.9. The lowest BCUT2D eigenvalue weighted by molar-refractivity contribution is -0.908. The normalized spacial score (nSPS) is 17.3. The van der Waals surface area contributed by atoms with Crippen LogP contribution in [0.15, 0.2) is 28.7 Å². The predicted octanol–water partition coefficient (Wildman–Crippen LogP) is 0.743. The molecule has 0 saturated carbocycles. The van der Waals surface area contributed by atoms with Gasteiger partial charge in [-0.25, -0.2) is 0 Å². The first-order valence-corrected chi connectivity index (χ1v) is 6.43. The molecule has 0 aliphatic carbocycles. The average Bonchev–Trinajstić information content (AvgIpc) is 2.33. The molecule has 3 nitrogen and oxygen atoms in total. The van der Waals surface area contributed by atoms with E-state index in [0.29, 0.717) is 0 Å². The smallest absolute Gasteiger partial charge is 0.137 e. The molecule has 1 N–H and O–H groups in total. The summed E-state index contributed by atoms with van der Waals surface area (Å²) >= 11 is 3.40. The Kier molecular flexibility index (Phi) is 4.63. The summed E-state index contributed by atoms with van der Waals surface area (Å²) < 4.78 is 12.1. The first-order valence-electron chi connectivity index (χ1n) is 5.64. The topological polar surface area (TPSA) is 22.9 Å². The third-order valence-corrected chi connectivity index (χ3v) is 3.27. The summed E-state index contributed by atoms with van der Waals surface area (Å²) in [5.74, 6) is 0.941. The van der Waals surface area contributed by atoms with E-state index in [1.807, 2.05) is 24.3 Å². The first kappa shape index (κ1) is 11.9. The molecule has 1 saturated heterocycles. The summed E-state index contributed by atoms with van der Waals surface area (Å²) in [5.41, 5.74) is 0. The Balaban J connectivity index is 1.69. The van der Waals surface area contributed by atoms with Crippen LogP contribution in [-0.2, 0) is 4.74 Å². The molecule has 0 atom stereocenters. The lowest BCUT2D eigenvalue weighted by Crippen LogP contribution is -3.14. The molecule has 1 aliphatic heterocycles. The maximum atomic E-state index is 5.68. The van der Waals surface area contributed by atoms with E-state index in [9.17, 15) is 0 Å². The van der Waals surface area contributed by atoms with Gasteiger partial charge in [0.05, 0.1) is 13.2 Å². The first-order chi connectivity index (χ1) is 7.84. The lowest BCUT2D eigenvalue weighted by atomic mass is 10.3. The minimum atomic E-state index is 0.775. The van der Waals surface area contributed by atoms with Crippen molar-refractivity contribution in [2.45, 2.75) is 0 Å². The molecule has 0 radical (unpaired) electrons. The van der Waals surface area contributed by atoms with E-state index in [-0.39, 0.29) is 0 Å². The second-order valence-corrected chi connectivity index (χ2v) is 4.83. The molecule has 4 heteroatoms. The summed E-state index contributed by atoms with van der Waals surface area (Å²) in [4.78, 5) is 1.57. The zero-order valence-corrected chi connectivity index (χ0v) is 10.8. The van der Waals surface area contributed by atoms with Crippen molar-refractivity contribution < 1.29 is 14.4 Å². The van der Waals surface area contributed by atoms with Crippen LogP contribution in [0.4, 0.5) is 0 Å². The maximum absolute atomic E-state index is 5.68. The number of rotatable bonds is 4. The Morgan fingerprint density at radius 1 is 1.19 bits per heavy atom. The Bertz CT molecular complexity index is 309. The van der Waals surface area contributed by atoms with Crippen molar-refractivity contribution in [3.05, 3.63) is 28.7 Å². The van der Waals surface area contributed by atoms with Crippen LogP contribution in [0.25, 0.3) is 0 Å². The fraction of sp³-hybridized carbons (Fsp3) is 0.500. The second-order valence-electron chi connectivity index (χ2n) is 3.91. The Labute approximate surface area is 104 Å². The van der Waals surface area contributed by atoms with Crippen LogP contribution in [0.2, 0.25) is 0 Å². The van der Waals surface area contributed by atoms with Gasteiger partial charge < -0.3 is 14.4 Å². The minimum Gasteiger partial charge on any atom is -0.488 e. The number of ether oxygens (including phenoxy) is 2. The fourth-order valence-electron chi connectivity index (χ4n) is 1.75. The van der Waals surface area contributed by atoms with Crippen molar-refractivity contribution in [2.24, 2.45) is 0 Å².